The van der Waals surface area contributed by atoms with E-state index in [1.807, 2.05) is 30.3 Å². The van der Waals surface area contributed by atoms with Gasteiger partial charge >= 0.3 is 0 Å². The van der Waals surface area contributed by atoms with Crippen LogP contribution in [0.4, 0.5) is 0 Å². The monoisotopic (exact) mass is 385 g/mol. The van der Waals surface area contributed by atoms with Gasteiger partial charge in [-0.25, -0.2) is 18.1 Å². The molecular formula is C19H23N5O2S. The van der Waals surface area contributed by atoms with Crippen molar-refractivity contribution in [1.29, 1.82) is 0 Å². The molecule has 0 saturated heterocycles. The molecule has 0 unspecified atom stereocenters. The van der Waals surface area contributed by atoms with E-state index in [0.717, 1.165) is 42.9 Å². The van der Waals surface area contributed by atoms with Crippen LogP contribution in [0.2, 0.25) is 0 Å². The lowest BCUT2D eigenvalue weighted by Gasteiger charge is -2.15. The average Bonchev–Trinajstić information content (AvgIpc) is 3.20. The molecule has 0 aliphatic heterocycles. The molecule has 0 atom stereocenters. The van der Waals surface area contributed by atoms with E-state index < -0.39 is 10.0 Å². The van der Waals surface area contributed by atoms with Gasteiger partial charge in [-0.05, 0) is 51.7 Å². The van der Waals surface area contributed by atoms with Crippen LogP contribution >= 0.6 is 0 Å². The number of imidazole rings is 1. The first-order valence-corrected chi connectivity index (χ1v) is 10.6. The van der Waals surface area contributed by atoms with Gasteiger partial charge in [-0.2, -0.15) is 5.10 Å². The molecule has 0 amide bonds. The molecule has 2 N–H and O–H groups in total. The number of para-hydroxylation sites is 1. The predicted octanol–water partition coefficient (Wildman–Crippen LogP) is 2.57. The summed E-state index contributed by atoms with van der Waals surface area (Å²) in [7, 11) is -3.67. The first-order valence-electron chi connectivity index (χ1n) is 9.13. The second-order valence-corrected chi connectivity index (χ2v) is 8.59. The van der Waals surface area contributed by atoms with Gasteiger partial charge in [0.15, 0.2) is 0 Å². The van der Waals surface area contributed by atoms with E-state index in [1.54, 1.807) is 13.8 Å². The summed E-state index contributed by atoms with van der Waals surface area (Å²) in [5.41, 5.74) is 4.28. The standard InChI is InChI=1S/C19H23N5O2S/c1-13-19(14(2)23-22-13)27(25,26)20-12-18-21-16-10-6-7-11-17(16)24(18)15-8-4-3-5-9-15/h3-5,8-9,20H,6-7,10-12H2,1-2H3,(H,22,23). The van der Waals surface area contributed by atoms with E-state index in [1.165, 1.54) is 5.69 Å². The highest BCUT2D eigenvalue weighted by Gasteiger charge is 2.25. The molecule has 3 aromatic rings. The van der Waals surface area contributed by atoms with Crippen LogP contribution < -0.4 is 4.72 Å². The van der Waals surface area contributed by atoms with E-state index in [0.29, 0.717) is 11.4 Å². The Morgan fingerprint density at radius 1 is 1.15 bits per heavy atom. The van der Waals surface area contributed by atoms with Crippen molar-refractivity contribution in [1.82, 2.24) is 24.5 Å². The van der Waals surface area contributed by atoms with E-state index in [4.69, 9.17) is 4.98 Å². The van der Waals surface area contributed by atoms with Crippen LogP contribution in [-0.4, -0.2) is 28.2 Å². The summed E-state index contributed by atoms with van der Waals surface area (Å²) in [6.07, 6.45) is 4.15. The minimum absolute atomic E-state index is 0.133. The maximum Gasteiger partial charge on any atom is 0.244 e. The van der Waals surface area contributed by atoms with Crippen molar-refractivity contribution in [3.8, 4) is 5.69 Å². The van der Waals surface area contributed by atoms with Crippen molar-refractivity contribution in [3.05, 3.63) is 58.9 Å². The molecule has 2 aromatic heterocycles. The fourth-order valence-corrected chi connectivity index (χ4v) is 5.11. The number of rotatable bonds is 5. The van der Waals surface area contributed by atoms with Gasteiger partial charge < -0.3 is 0 Å². The van der Waals surface area contributed by atoms with Crippen LogP contribution in [0, 0.1) is 13.8 Å². The van der Waals surface area contributed by atoms with Crippen molar-refractivity contribution < 1.29 is 8.42 Å². The molecule has 1 aromatic carbocycles. The van der Waals surface area contributed by atoms with Crippen LogP contribution in [0.1, 0.15) is 41.4 Å². The lowest BCUT2D eigenvalue weighted by Crippen LogP contribution is -2.26. The number of nitrogens with one attached hydrogen (secondary N) is 2. The summed E-state index contributed by atoms with van der Waals surface area (Å²) in [6.45, 7) is 3.52. The number of benzene rings is 1. The maximum absolute atomic E-state index is 12.8. The second-order valence-electron chi connectivity index (χ2n) is 6.89. The Bertz CT molecular complexity index is 1050. The molecule has 4 rings (SSSR count). The zero-order valence-corrected chi connectivity index (χ0v) is 16.3. The Morgan fingerprint density at radius 2 is 1.89 bits per heavy atom. The third kappa shape index (κ3) is 3.30. The highest BCUT2D eigenvalue weighted by Crippen LogP contribution is 2.26. The van der Waals surface area contributed by atoms with Crippen LogP contribution in [0.25, 0.3) is 5.69 Å². The van der Waals surface area contributed by atoms with Gasteiger partial charge in [-0.15, -0.1) is 0 Å². The van der Waals surface area contributed by atoms with Gasteiger partial charge in [0.1, 0.15) is 10.7 Å². The topological polar surface area (TPSA) is 92.7 Å². The van der Waals surface area contributed by atoms with Crippen molar-refractivity contribution in [2.45, 2.75) is 51.0 Å². The molecule has 142 valence electrons. The summed E-state index contributed by atoms with van der Waals surface area (Å²) in [4.78, 5) is 4.98. The van der Waals surface area contributed by atoms with Gasteiger partial charge in [0.05, 0.1) is 23.6 Å². The number of nitrogens with zero attached hydrogens (tertiary/aromatic N) is 3. The number of hydrogen-bond donors (Lipinski definition) is 2. The Kier molecular flexibility index (Phi) is 4.61. The fraction of sp³-hybridized carbons (Fsp3) is 0.368. The summed E-state index contributed by atoms with van der Waals surface area (Å²) in [5.74, 6) is 0.718. The molecule has 0 saturated carbocycles. The third-order valence-corrected chi connectivity index (χ3v) is 6.63. The highest BCUT2D eigenvalue weighted by atomic mass is 32.2. The number of H-pyrrole nitrogens is 1. The molecule has 2 heterocycles. The molecule has 0 bridgehead atoms. The SMILES string of the molecule is Cc1n[nH]c(C)c1S(=O)(=O)NCc1nc2c(n1-c1ccccc1)CCCC2. The van der Waals surface area contributed by atoms with Crippen molar-refractivity contribution in [3.63, 3.8) is 0 Å². The van der Waals surface area contributed by atoms with Gasteiger partial charge in [-0.3, -0.25) is 9.67 Å². The second kappa shape index (κ2) is 6.94. The lowest BCUT2D eigenvalue weighted by molar-refractivity contribution is 0.577. The number of aryl methyl sites for hydroxylation is 3. The van der Waals surface area contributed by atoms with E-state index in [2.05, 4.69) is 19.5 Å². The van der Waals surface area contributed by atoms with Crippen molar-refractivity contribution in [2.24, 2.45) is 0 Å². The van der Waals surface area contributed by atoms with Crippen LogP contribution in [0.3, 0.4) is 0 Å². The largest absolute Gasteiger partial charge is 0.299 e. The van der Waals surface area contributed by atoms with E-state index in [-0.39, 0.29) is 11.4 Å². The summed E-state index contributed by atoms with van der Waals surface area (Å²) < 4.78 is 30.4. The quantitative estimate of drug-likeness (QED) is 0.706. The minimum Gasteiger partial charge on any atom is -0.299 e. The molecule has 0 spiro atoms. The van der Waals surface area contributed by atoms with Crippen LogP contribution in [-0.2, 0) is 29.4 Å². The smallest absolute Gasteiger partial charge is 0.244 e. The number of sulfonamides is 1. The normalized spacial score (nSPS) is 14.3. The van der Waals surface area contributed by atoms with Gasteiger partial charge in [0, 0.05) is 11.4 Å². The molecule has 0 fully saturated rings. The summed E-state index contributed by atoms with van der Waals surface area (Å²) >= 11 is 0. The Morgan fingerprint density at radius 3 is 2.59 bits per heavy atom. The van der Waals surface area contributed by atoms with E-state index >= 15 is 0 Å². The highest BCUT2D eigenvalue weighted by molar-refractivity contribution is 7.89. The van der Waals surface area contributed by atoms with Gasteiger partial charge in [-0.1, -0.05) is 18.2 Å². The van der Waals surface area contributed by atoms with Gasteiger partial charge in [0.25, 0.3) is 0 Å². The number of aromatic amines is 1. The minimum atomic E-state index is -3.67. The maximum atomic E-state index is 12.8. The van der Waals surface area contributed by atoms with Crippen molar-refractivity contribution in [2.75, 3.05) is 0 Å². The number of aromatic nitrogens is 4. The average molecular weight is 385 g/mol. The Hall–Kier alpha value is -2.45. The third-order valence-electron chi connectivity index (χ3n) is 4.97. The molecular weight excluding hydrogens is 362 g/mol. The van der Waals surface area contributed by atoms with Crippen LogP contribution in [0.5, 0.6) is 0 Å². The lowest BCUT2D eigenvalue weighted by atomic mass is 10.0. The predicted molar refractivity (Wildman–Crippen MR) is 102 cm³/mol. The fourth-order valence-electron chi connectivity index (χ4n) is 3.77. The first kappa shape index (κ1) is 17.9. The summed E-state index contributed by atoms with van der Waals surface area (Å²) in [6, 6.07) is 9.99. The molecule has 1 aliphatic carbocycles. The van der Waals surface area contributed by atoms with Crippen LogP contribution in [0.15, 0.2) is 35.2 Å². The number of fused-ring (bicyclic) bond motifs is 1. The zero-order valence-electron chi connectivity index (χ0n) is 15.5. The molecule has 27 heavy (non-hydrogen) atoms. The molecule has 0 radical (unpaired) electrons. The first-order chi connectivity index (χ1) is 13.0. The Labute approximate surface area is 158 Å². The summed E-state index contributed by atoms with van der Waals surface area (Å²) in [5, 5.41) is 6.72. The Balaban J connectivity index is 1.70. The molecule has 7 nitrogen and oxygen atoms in total. The molecule has 8 heteroatoms. The van der Waals surface area contributed by atoms with Crippen molar-refractivity contribution >= 4 is 10.0 Å². The molecule has 1 aliphatic rings. The van der Waals surface area contributed by atoms with Gasteiger partial charge in [0.2, 0.25) is 10.0 Å². The van der Waals surface area contributed by atoms with E-state index in [9.17, 15) is 8.42 Å². The zero-order chi connectivity index (χ0) is 19.0. The number of hydrogen-bond acceptors (Lipinski definition) is 4.